The number of rotatable bonds is 13. The van der Waals surface area contributed by atoms with Gasteiger partial charge in [-0.05, 0) is 0 Å². The van der Waals surface area contributed by atoms with Gasteiger partial charge < -0.3 is 105 Å². The molecule has 20 atom stereocenters. The molecule has 0 radical (unpaired) electrons. The highest BCUT2D eigenvalue weighted by molar-refractivity contribution is 5.74. The Kier molecular flexibility index (Phi) is 15.8. The molecule has 4 aliphatic rings. The molecule has 4 aliphatic heterocycles. The van der Waals surface area contributed by atoms with Crippen molar-refractivity contribution in [2.45, 2.75) is 143 Å². The van der Waals surface area contributed by atoms with E-state index in [1.54, 1.807) is 0 Å². The van der Waals surface area contributed by atoms with Crippen LogP contribution in [0.1, 0.15) is 20.8 Å². The highest BCUT2D eigenvalue weighted by Crippen LogP contribution is 2.34. The maximum absolute atomic E-state index is 12.5. The molecule has 0 aromatic heterocycles. The molecule has 4 saturated heterocycles. The van der Waals surface area contributed by atoms with Crippen molar-refractivity contribution >= 4 is 17.7 Å². The molecule has 24 heteroatoms. The summed E-state index contributed by atoms with van der Waals surface area (Å²) in [5.74, 6) is -2.20. The van der Waals surface area contributed by atoms with Gasteiger partial charge in [0.2, 0.25) is 17.7 Å². The van der Waals surface area contributed by atoms with E-state index in [9.17, 15) is 70.6 Å². The van der Waals surface area contributed by atoms with Gasteiger partial charge in [-0.2, -0.15) is 0 Å². The van der Waals surface area contributed by atoms with Gasteiger partial charge in [-0.25, -0.2) is 0 Å². The largest absolute Gasteiger partial charge is 0.829 e. The SMILES string of the molecule is CC(=O)N[C@@H]1[C@@H](O)[C@H](O[C@@H]2O[C@H](CO)[C@@H](O[C@@H]3O[C@H](CO)[C@@H](O[C@@H]4O[C@H](CO)[C@H](O)[C@H](O)[C@H]4O)[C@H](O)[C@H]3NC(C)=O)[C@H](O)[C@H]2NC(C)=O)[C@@H](CO)O[C@H]1[O-]. The van der Waals surface area contributed by atoms with Gasteiger partial charge in [0, 0.05) is 27.1 Å². The Bertz CT molecular complexity index is 1250. The summed E-state index contributed by atoms with van der Waals surface area (Å²) in [6.07, 6.45) is -29.5. The van der Waals surface area contributed by atoms with Crippen LogP contribution in [0.15, 0.2) is 0 Å². The van der Waals surface area contributed by atoms with Crippen LogP contribution in [0.5, 0.6) is 0 Å². The Balaban J connectivity index is 1.59. The number of aliphatic hydroxyl groups excluding tert-OH is 10. The average Bonchev–Trinajstić information content (AvgIpc) is 3.12. The van der Waals surface area contributed by atoms with Crippen molar-refractivity contribution in [1.82, 2.24) is 16.0 Å². The minimum atomic E-state index is -2.03. The van der Waals surface area contributed by atoms with E-state index in [2.05, 4.69) is 16.0 Å². The second-order valence-corrected chi connectivity index (χ2v) is 13.3. The summed E-state index contributed by atoms with van der Waals surface area (Å²) < 4.78 is 39.8. The molecule has 13 N–H and O–H groups in total. The smallest absolute Gasteiger partial charge is 0.217 e. The van der Waals surface area contributed by atoms with Gasteiger partial charge in [-0.15, -0.1) is 0 Å². The Labute approximate surface area is 307 Å². The quantitative estimate of drug-likeness (QED) is 0.0824. The first-order chi connectivity index (χ1) is 25.5. The molecule has 0 saturated carbocycles. The molecule has 24 nitrogen and oxygen atoms in total. The summed E-state index contributed by atoms with van der Waals surface area (Å²) in [4.78, 5) is 36.3. The average molecular weight is 789 g/mol. The van der Waals surface area contributed by atoms with Gasteiger partial charge in [-0.3, -0.25) is 14.4 Å². The van der Waals surface area contributed by atoms with Gasteiger partial charge in [0.25, 0.3) is 0 Å². The molecular formula is C30H50N3O21-. The maximum atomic E-state index is 12.5. The molecule has 4 fully saturated rings. The molecule has 312 valence electrons. The topological polar surface area (TPSA) is 377 Å². The zero-order valence-electron chi connectivity index (χ0n) is 29.3. The van der Waals surface area contributed by atoms with Crippen LogP contribution in [0.25, 0.3) is 0 Å². The number of carbonyl (C=O) groups is 3. The summed E-state index contributed by atoms with van der Waals surface area (Å²) in [6.45, 7) is -0.295. The Morgan fingerprint density at radius 1 is 0.481 bits per heavy atom. The minimum Gasteiger partial charge on any atom is -0.829 e. The van der Waals surface area contributed by atoms with Crippen molar-refractivity contribution in [2.24, 2.45) is 0 Å². The monoisotopic (exact) mass is 788 g/mol. The summed E-state index contributed by atoms with van der Waals surface area (Å²) in [6, 6.07) is -4.78. The van der Waals surface area contributed by atoms with Crippen LogP contribution in [-0.2, 0) is 47.5 Å². The first-order valence-corrected chi connectivity index (χ1v) is 17.0. The van der Waals surface area contributed by atoms with Gasteiger partial charge in [0.1, 0.15) is 91.4 Å². The molecule has 0 bridgehead atoms. The third-order valence-electron chi connectivity index (χ3n) is 9.39. The van der Waals surface area contributed by atoms with Gasteiger partial charge >= 0.3 is 0 Å². The highest BCUT2D eigenvalue weighted by atomic mass is 16.8. The molecule has 0 aliphatic carbocycles. The van der Waals surface area contributed by atoms with Crippen molar-refractivity contribution in [2.75, 3.05) is 26.4 Å². The molecule has 4 rings (SSSR count). The fourth-order valence-electron chi connectivity index (χ4n) is 6.75. The van der Waals surface area contributed by atoms with Gasteiger partial charge in [0.15, 0.2) is 18.9 Å². The lowest BCUT2D eigenvalue weighted by molar-refractivity contribution is -0.522. The fourth-order valence-corrected chi connectivity index (χ4v) is 6.75. The predicted octanol–water partition coefficient (Wildman–Crippen LogP) is -9.95. The van der Waals surface area contributed by atoms with Gasteiger partial charge in [-0.1, -0.05) is 0 Å². The van der Waals surface area contributed by atoms with E-state index in [1.165, 1.54) is 0 Å². The number of amides is 3. The van der Waals surface area contributed by atoms with Crippen molar-refractivity contribution in [3.8, 4) is 0 Å². The second-order valence-electron chi connectivity index (χ2n) is 13.3. The maximum Gasteiger partial charge on any atom is 0.217 e. The number of nitrogens with one attached hydrogen (secondary N) is 3. The molecule has 3 amide bonds. The number of hydrogen-bond acceptors (Lipinski definition) is 21. The number of ether oxygens (including phenoxy) is 7. The third-order valence-corrected chi connectivity index (χ3v) is 9.39. The van der Waals surface area contributed by atoms with Crippen LogP contribution in [0, 0.1) is 0 Å². The zero-order chi connectivity index (χ0) is 40.2. The normalized spacial score (nSPS) is 45.7. The van der Waals surface area contributed by atoms with E-state index >= 15 is 0 Å². The zero-order valence-corrected chi connectivity index (χ0v) is 29.3. The van der Waals surface area contributed by atoms with E-state index in [0.29, 0.717) is 0 Å². The van der Waals surface area contributed by atoms with E-state index in [-0.39, 0.29) is 0 Å². The summed E-state index contributed by atoms with van der Waals surface area (Å²) >= 11 is 0. The third kappa shape index (κ3) is 9.79. The number of hydrogen-bond donors (Lipinski definition) is 13. The van der Waals surface area contributed by atoms with E-state index in [0.717, 1.165) is 20.8 Å². The van der Waals surface area contributed by atoms with E-state index in [4.69, 9.17) is 33.2 Å². The summed E-state index contributed by atoms with van der Waals surface area (Å²) in [7, 11) is 0. The van der Waals surface area contributed by atoms with Crippen LogP contribution in [0.3, 0.4) is 0 Å². The lowest BCUT2D eigenvalue weighted by Crippen LogP contribution is -2.72. The first-order valence-electron chi connectivity index (χ1n) is 17.0. The summed E-state index contributed by atoms with van der Waals surface area (Å²) in [5.41, 5.74) is 0. The Hall–Kier alpha value is -2.31. The highest BCUT2D eigenvalue weighted by Gasteiger charge is 2.55. The fraction of sp³-hybridized carbons (Fsp3) is 0.900. The predicted molar refractivity (Wildman–Crippen MR) is 166 cm³/mol. The lowest BCUT2D eigenvalue weighted by atomic mass is 9.93. The summed E-state index contributed by atoms with van der Waals surface area (Å²) in [5, 5.41) is 124. The Morgan fingerprint density at radius 2 is 0.815 bits per heavy atom. The molecule has 0 aromatic rings. The van der Waals surface area contributed by atoms with Crippen LogP contribution in [-0.4, -0.2) is 218 Å². The lowest BCUT2D eigenvalue weighted by Gasteiger charge is -2.51. The second kappa shape index (κ2) is 19.2. The van der Waals surface area contributed by atoms with Crippen LogP contribution >= 0.6 is 0 Å². The van der Waals surface area contributed by atoms with E-state index in [1.807, 2.05) is 0 Å². The number of carbonyl (C=O) groups excluding carboxylic acids is 3. The minimum absolute atomic E-state index is 0.701. The van der Waals surface area contributed by atoms with Crippen LogP contribution in [0.4, 0.5) is 0 Å². The standard InChI is InChI=1S/C30H50N3O21/c1-8(38)31-15-19(42)24(12(5-35)48-27(15)47)52-28-16(32-9(2)39)20(43)25(13(6-36)50-28)53-29-17(33-10(3)40)21(44)26(14(7-37)51-29)54-30-23(46)22(45)18(41)11(4-34)49-30/h11-30,34-37,41-46H,4-7H2,1-3H3,(H,31,38)(H,32,39)(H,33,40)/q-1/t11-,12-,13-,14-,15-,16-,17-,18+,19-,20-,21-,22+,23-,24-,25-,26-,27-,28+,29+,30+/m1/s1. The number of aliphatic hydroxyl groups is 10. The van der Waals surface area contributed by atoms with Crippen molar-refractivity contribution in [3.63, 3.8) is 0 Å². The molecule has 4 heterocycles. The van der Waals surface area contributed by atoms with Crippen molar-refractivity contribution in [3.05, 3.63) is 0 Å². The Morgan fingerprint density at radius 3 is 1.20 bits per heavy atom. The van der Waals surface area contributed by atoms with Gasteiger partial charge in [0.05, 0.1) is 32.5 Å². The van der Waals surface area contributed by atoms with Crippen molar-refractivity contribution in [1.29, 1.82) is 0 Å². The molecule has 0 aromatic carbocycles. The molecule has 54 heavy (non-hydrogen) atoms. The molecule has 0 unspecified atom stereocenters. The first kappa shape index (κ1) is 44.4. The molecular weight excluding hydrogens is 738 g/mol. The van der Waals surface area contributed by atoms with Crippen molar-refractivity contribution < 1.29 is 104 Å². The van der Waals surface area contributed by atoms with E-state index < -0.39 is 167 Å². The molecule has 0 spiro atoms. The van der Waals surface area contributed by atoms with Crippen LogP contribution < -0.4 is 21.1 Å². The van der Waals surface area contributed by atoms with Crippen LogP contribution in [0.2, 0.25) is 0 Å².